The summed E-state index contributed by atoms with van der Waals surface area (Å²) in [7, 11) is 0. The summed E-state index contributed by atoms with van der Waals surface area (Å²) >= 11 is 7.67. The highest BCUT2D eigenvalue weighted by atomic mass is 35.5. The molecule has 0 amide bonds. The van der Waals surface area contributed by atoms with Gasteiger partial charge in [-0.2, -0.15) is 5.10 Å². The van der Waals surface area contributed by atoms with Gasteiger partial charge in [0.25, 0.3) is 0 Å². The molecule has 90 valence electrons. The molecule has 0 spiro atoms. The molecule has 1 saturated carbocycles. The predicted octanol–water partition coefficient (Wildman–Crippen LogP) is 4.23. The Kier molecular flexibility index (Phi) is 3.16. The third-order valence-electron chi connectivity index (χ3n) is 3.31. The van der Waals surface area contributed by atoms with Crippen LogP contribution in [-0.4, -0.2) is 15.2 Å². The Balaban J connectivity index is 1.85. The van der Waals surface area contributed by atoms with Crippen molar-refractivity contribution in [3.63, 3.8) is 0 Å². The Morgan fingerprint density at radius 1 is 1.29 bits per heavy atom. The van der Waals surface area contributed by atoms with Crippen molar-refractivity contribution in [2.45, 2.75) is 38.0 Å². The number of thiophene rings is 1. The molecular weight excluding hydrogens is 254 g/mol. The molecule has 0 aliphatic heterocycles. The van der Waals surface area contributed by atoms with E-state index < -0.39 is 0 Å². The van der Waals surface area contributed by atoms with E-state index in [0.29, 0.717) is 5.92 Å². The minimum Gasteiger partial charge on any atom is -0.262 e. The van der Waals surface area contributed by atoms with E-state index in [0.717, 1.165) is 21.5 Å². The van der Waals surface area contributed by atoms with Gasteiger partial charge in [0.05, 0.1) is 9.90 Å². The lowest BCUT2D eigenvalue weighted by atomic mass is 9.89. The lowest BCUT2D eigenvalue weighted by Gasteiger charge is -2.18. The lowest BCUT2D eigenvalue weighted by Crippen LogP contribution is -2.06. The van der Waals surface area contributed by atoms with Crippen LogP contribution in [0.3, 0.4) is 0 Å². The Bertz CT molecular complexity index is 499. The Morgan fingerprint density at radius 3 is 2.82 bits per heavy atom. The van der Waals surface area contributed by atoms with E-state index in [2.05, 4.69) is 15.2 Å². The second-order valence-corrected chi connectivity index (χ2v) is 5.80. The smallest absolute Gasteiger partial charge is 0.192 e. The summed E-state index contributed by atoms with van der Waals surface area (Å²) in [5, 5.41) is 10.1. The molecule has 2 heterocycles. The first-order chi connectivity index (χ1) is 8.34. The monoisotopic (exact) mass is 267 g/mol. The molecule has 3 nitrogen and oxygen atoms in total. The first kappa shape index (κ1) is 11.2. The molecule has 5 heteroatoms. The van der Waals surface area contributed by atoms with Crippen molar-refractivity contribution in [2.24, 2.45) is 0 Å². The average molecular weight is 268 g/mol. The number of nitrogens with one attached hydrogen (secondary N) is 1. The molecule has 0 bridgehead atoms. The van der Waals surface area contributed by atoms with E-state index in [9.17, 15) is 0 Å². The van der Waals surface area contributed by atoms with Gasteiger partial charge in [0.2, 0.25) is 0 Å². The summed E-state index contributed by atoms with van der Waals surface area (Å²) < 4.78 is 0. The topological polar surface area (TPSA) is 41.6 Å². The van der Waals surface area contributed by atoms with E-state index in [1.54, 1.807) is 11.3 Å². The van der Waals surface area contributed by atoms with E-state index in [1.165, 1.54) is 32.1 Å². The number of H-pyrrole nitrogens is 1. The van der Waals surface area contributed by atoms with Crippen LogP contribution in [-0.2, 0) is 0 Å². The summed E-state index contributed by atoms with van der Waals surface area (Å²) in [6.45, 7) is 0. The molecule has 3 rings (SSSR count). The summed E-state index contributed by atoms with van der Waals surface area (Å²) in [6, 6.07) is 1.89. The summed E-state index contributed by atoms with van der Waals surface area (Å²) in [4.78, 5) is 5.56. The van der Waals surface area contributed by atoms with E-state index >= 15 is 0 Å². The van der Waals surface area contributed by atoms with Gasteiger partial charge in [-0.1, -0.05) is 30.9 Å². The van der Waals surface area contributed by atoms with Gasteiger partial charge in [-0.3, -0.25) is 5.10 Å². The van der Waals surface area contributed by atoms with Crippen molar-refractivity contribution in [1.82, 2.24) is 15.2 Å². The van der Waals surface area contributed by atoms with Gasteiger partial charge < -0.3 is 0 Å². The summed E-state index contributed by atoms with van der Waals surface area (Å²) in [6.07, 6.45) is 6.43. The number of halogens is 1. The third kappa shape index (κ3) is 2.24. The van der Waals surface area contributed by atoms with Crippen LogP contribution in [0.2, 0.25) is 5.02 Å². The Morgan fingerprint density at radius 2 is 2.12 bits per heavy atom. The van der Waals surface area contributed by atoms with Crippen molar-refractivity contribution in [2.75, 3.05) is 0 Å². The maximum absolute atomic E-state index is 6.09. The molecular formula is C12H14ClN3S. The van der Waals surface area contributed by atoms with Gasteiger partial charge in [0, 0.05) is 5.92 Å². The Labute approximate surface area is 109 Å². The fourth-order valence-corrected chi connectivity index (χ4v) is 3.46. The molecule has 0 saturated heterocycles. The Hall–Kier alpha value is -0.870. The van der Waals surface area contributed by atoms with Crippen LogP contribution in [0.15, 0.2) is 11.4 Å². The first-order valence-electron chi connectivity index (χ1n) is 6.00. The van der Waals surface area contributed by atoms with Crippen LogP contribution in [0.4, 0.5) is 0 Å². The number of aromatic nitrogens is 3. The van der Waals surface area contributed by atoms with E-state index in [4.69, 9.17) is 11.6 Å². The van der Waals surface area contributed by atoms with Crippen molar-refractivity contribution < 1.29 is 0 Å². The second-order valence-electron chi connectivity index (χ2n) is 4.48. The number of hydrogen-bond donors (Lipinski definition) is 1. The minimum absolute atomic E-state index is 0.559. The van der Waals surface area contributed by atoms with E-state index in [-0.39, 0.29) is 0 Å². The fourth-order valence-electron chi connectivity index (χ4n) is 2.39. The molecule has 1 N–H and O–H groups in total. The van der Waals surface area contributed by atoms with Gasteiger partial charge in [0.1, 0.15) is 5.82 Å². The maximum Gasteiger partial charge on any atom is 0.192 e. The molecule has 1 fully saturated rings. The average Bonchev–Trinajstić information content (AvgIpc) is 2.98. The predicted molar refractivity (Wildman–Crippen MR) is 70.5 cm³/mol. The molecule has 2 aromatic heterocycles. The van der Waals surface area contributed by atoms with Gasteiger partial charge in [0.15, 0.2) is 5.82 Å². The summed E-state index contributed by atoms with van der Waals surface area (Å²) in [5.41, 5.74) is 0. The molecule has 0 atom stereocenters. The van der Waals surface area contributed by atoms with Crippen LogP contribution < -0.4 is 0 Å². The maximum atomic E-state index is 6.09. The molecule has 0 unspecified atom stereocenters. The highest BCUT2D eigenvalue weighted by molar-refractivity contribution is 7.14. The van der Waals surface area contributed by atoms with Crippen LogP contribution in [0, 0.1) is 0 Å². The van der Waals surface area contributed by atoms with Crippen molar-refractivity contribution in [3.05, 3.63) is 22.3 Å². The molecule has 0 radical (unpaired) electrons. The molecule has 17 heavy (non-hydrogen) atoms. The van der Waals surface area contributed by atoms with Gasteiger partial charge >= 0.3 is 0 Å². The largest absolute Gasteiger partial charge is 0.262 e. The number of nitrogens with zero attached hydrogens (tertiary/aromatic N) is 2. The standard InChI is InChI=1S/C12H14ClN3S/c13-9-6-7-17-10(9)12-14-11(15-16-12)8-4-2-1-3-5-8/h6-8H,1-5H2,(H,14,15,16). The number of hydrogen-bond acceptors (Lipinski definition) is 3. The molecule has 0 aromatic carbocycles. The van der Waals surface area contributed by atoms with Crippen molar-refractivity contribution in [3.8, 4) is 10.7 Å². The number of rotatable bonds is 2. The first-order valence-corrected chi connectivity index (χ1v) is 7.26. The minimum atomic E-state index is 0.559. The SMILES string of the molecule is Clc1ccsc1-c1n[nH]c(C2CCCCC2)n1. The summed E-state index contributed by atoms with van der Waals surface area (Å²) in [5.74, 6) is 2.33. The van der Waals surface area contributed by atoms with Gasteiger partial charge in [-0.05, 0) is 24.3 Å². The highest BCUT2D eigenvalue weighted by Gasteiger charge is 2.20. The molecule has 1 aliphatic rings. The fraction of sp³-hybridized carbons (Fsp3) is 0.500. The van der Waals surface area contributed by atoms with Crippen molar-refractivity contribution >= 4 is 22.9 Å². The third-order valence-corrected chi connectivity index (χ3v) is 4.65. The van der Waals surface area contributed by atoms with E-state index in [1.807, 2.05) is 11.4 Å². The van der Waals surface area contributed by atoms with Crippen LogP contribution in [0.1, 0.15) is 43.8 Å². The van der Waals surface area contributed by atoms with Crippen LogP contribution >= 0.6 is 22.9 Å². The van der Waals surface area contributed by atoms with Crippen molar-refractivity contribution in [1.29, 1.82) is 0 Å². The normalized spacial score (nSPS) is 17.5. The van der Waals surface area contributed by atoms with Crippen LogP contribution in [0.25, 0.3) is 10.7 Å². The van der Waals surface area contributed by atoms with Gasteiger partial charge in [-0.15, -0.1) is 11.3 Å². The lowest BCUT2D eigenvalue weighted by molar-refractivity contribution is 0.429. The highest BCUT2D eigenvalue weighted by Crippen LogP contribution is 2.34. The zero-order valence-corrected chi connectivity index (χ0v) is 11.0. The van der Waals surface area contributed by atoms with Crippen LogP contribution in [0.5, 0.6) is 0 Å². The number of aromatic amines is 1. The van der Waals surface area contributed by atoms with Gasteiger partial charge in [-0.25, -0.2) is 4.98 Å². The molecule has 1 aliphatic carbocycles. The zero-order valence-electron chi connectivity index (χ0n) is 9.45. The zero-order chi connectivity index (χ0) is 11.7. The quantitative estimate of drug-likeness (QED) is 0.884. The molecule has 2 aromatic rings. The second kappa shape index (κ2) is 4.78.